The molecule has 1 aromatic heterocycles. The van der Waals surface area contributed by atoms with Gasteiger partial charge in [0.2, 0.25) is 0 Å². The second-order valence-corrected chi connectivity index (χ2v) is 6.83. The van der Waals surface area contributed by atoms with Gasteiger partial charge in [-0.3, -0.25) is 4.79 Å². The van der Waals surface area contributed by atoms with E-state index in [0.29, 0.717) is 5.92 Å². The van der Waals surface area contributed by atoms with Gasteiger partial charge in [0.15, 0.2) is 0 Å². The van der Waals surface area contributed by atoms with Crippen molar-refractivity contribution in [3.8, 4) is 0 Å². The number of morpholine rings is 1. The van der Waals surface area contributed by atoms with E-state index < -0.39 is 0 Å². The smallest absolute Gasteiger partial charge is 0.264 e. The highest BCUT2D eigenvalue weighted by atomic mass is 32.1. The molecule has 0 aromatic carbocycles. The lowest BCUT2D eigenvalue weighted by molar-refractivity contribution is -0.0330. The van der Waals surface area contributed by atoms with E-state index in [1.807, 2.05) is 22.4 Å². The predicted octanol–water partition coefficient (Wildman–Crippen LogP) is 1.93. The predicted molar refractivity (Wildman–Crippen MR) is 80.2 cm³/mol. The lowest BCUT2D eigenvalue weighted by Crippen LogP contribution is -2.47. The number of carbonyl (C=O) groups excluding carboxylic acids is 1. The summed E-state index contributed by atoms with van der Waals surface area (Å²) in [5, 5.41) is 1.97. The molecule has 2 aliphatic rings. The van der Waals surface area contributed by atoms with Crippen molar-refractivity contribution in [1.29, 1.82) is 0 Å². The van der Waals surface area contributed by atoms with E-state index >= 15 is 0 Å². The van der Waals surface area contributed by atoms with Crippen molar-refractivity contribution in [2.75, 3.05) is 39.8 Å². The molecular formula is C15H22N2O2S. The molecule has 1 aliphatic carbocycles. The number of hydrogen-bond donors (Lipinski definition) is 0. The Kier molecular flexibility index (Phi) is 4.38. The van der Waals surface area contributed by atoms with E-state index in [9.17, 15) is 4.79 Å². The van der Waals surface area contributed by atoms with Gasteiger partial charge in [0.25, 0.3) is 5.91 Å². The molecule has 3 rings (SSSR count). The largest absolute Gasteiger partial charge is 0.374 e. The number of ether oxygens (including phenoxy) is 1. The molecule has 1 saturated carbocycles. The summed E-state index contributed by atoms with van der Waals surface area (Å²) in [7, 11) is 2.11. The van der Waals surface area contributed by atoms with E-state index in [0.717, 1.165) is 37.7 Å². The summed E-state index contributed by atoms with van der Waals surface area (Å²) < 4.78 is 5.82. The Balaban J connectivity index is 1.64. The third kappa shape index (κ3) is 3.59. The van der Waals surface area contributed by atoms with Crippen LogP contribution in [0.25, 0.3) is 0 Å². The standard InChI is InChI=1S/C15H22N2O2S/c1-16-6-7-19-13(10-16)11-17(9-12-4-5-12)15(18)14-3-2-8-20-14/h2-3,8,12-13H,4-7,9-11H2,1H3/t13-/m0/s1. The summed E-state index contributed by atoms with van der Waals surface area (Å²) in [6, 6.07) is 3.86. The Morgan fingerprint density at radius 1 is 1.50 bits per heavy atom. The molecule has 1 saturated heterocycles. The minimum Gasteiger partial charge on any atom is -0.374 e. The first kappa shape index (κ1) is 14.0. The maximum Gasteiger partial charge on any atom is 0.264 e. The fourth-order valence-electron chi connectivity index (χ4n) is 2.63. The van der Waals surface area contributed by atoms with Crippen LogP contribution in [-0.2, 0) is 4.74 Å². The van der Waals surface area contributed by atoms with Crippen LogP contribution in [0, 0.1) is 5.92 Å². The van der Waals surface area contributed by atoms with Gasteiger partial charge >= 0.3 is 0 Å². The molecule has 0 radical (unpaired) electrons. The molecule has 5 heteroatoms. The molecule has 1 aliphatic heterocycles. The summed E-state index contributed by atoms with van der Waals surface area (Å²) in [6.07, 6.45) is 2.68. The summed E-state index contributed by atoms with van der Waals surface area (Å²) in [6.45, 7) is 4.28. The molecule has 110 valence electrons. The summed E-state index contributed by atoms with van der Waals surface area (Å²) in [4.78, 5) is 17.7. The Labute approximate surface area is 124 Å². The van der Waals surface area contributed by atoms with Crippen molar-refractivity contribution in [1.82, 2.24) is 9.80 Å². The highest BCUT2D eigenvalue weighted by Crippen LogP contribution is 2.30. The molecule has 0 unspecified atom stereocenters. The van der Waals surface area contributed by atoms with Gasteiger partial charge in [0.05, 0.1) is 17.6 Å². The van der Waals surface area contributed by atoms with Crippen molar-refractivity contribution in [2.24, 2.45) is 5.92 Å². The average Bonchev–Trinajstić information content (AvgIpc) is 3.08. The fraction of sp³-hybridized carbons (Fsp3) is 0.667. The van der Waals surface area contributed by atoms with Gasteiger partial charge in [-0.15, -0.1) is 11.3 Å². The van der Waals surface area contributed by atoms with E-state index in [4.69, 9.17) is 4.74 Å². The van der Waals surface area contributed by atoms with Gasteiger partial charge in [-0.2, -0.15) is 0 Å². The quantitative estimate of drug-likeness (QED) is 0.832. The first-order chi connectivity index (χ1) is 9.72. The van der Waals surface area contributed by atoms with Crippen molar-refractivity contribution >= 4 is 17.2 Å². The molecule has 0 spiro atoms. The van der Waals surface area contributed by atoms with Crippen molar-refractivity contribution in [2.45, 2.75) is 18.9 Å². The molecule has 1 amide bonds. The topological polar surface area (TPSA) is 32.8 Å². The summed E-state index contributed by atoms with van der Waals surface area (Å²) in [5.74, 6) is 0.879. The Morgan fingerprint density at radius 2 is 2.35 bits per heavy atom. The normalized spacial score (nSPS) is 23.8. The minimum atomic E-state index is 0.149. The SMILES string of the molecule is CN1CCO[C@H](CN(CC2CC2)C(=O)c2cccs2)C1. The van der Waals surface area contributed by atoms with Crippen molar-refractivity contribution in [3.05, 3.63) is 22.4 Å². The van der Waals surface area contributed by atoms with Crippen LogP contribution < -0.4 is 0 Å². The van der Waals surface area contributed by atoms with Gasteiger partial charge in [-0.05, 0) is 37.3 Å². The number of nitrogens with zero attached hydrogens (tertiary/aromatic N) is 2. The molecule has 1 atom stereocenters. The summed E-state index contributed by atoms with van der Waals surface area (Å²) in [5.41, 5.74) is 0. The van der Waals surface area contributed by atoms with Crippen LogP contribution in [-0.4, -0.2) is 61.6 Å². The maximum absolute atomic E-state index is 12.6. The van der Waals surface area contributed by atoms with Crippen LogP contribution >= 0.6 is 11.3 Å². The molecule has 1 aromatic rings. The van der Waals surface area contributed by atoms with Gasteiger partial charge < -0.3 is 14.5 Å². The third-order valence-corrected chi connectivity index (χ3v) is 4.82. The highest BCUT2D eigenvalue weighted by molar-refractivity contribution is 7.12. The van der Waals surface area contributed by atoms with Crippen LogP contribution in [0.1, 0.15) is 22.5 Å². The van der Waals surface area contributed by atoms with Crippen LogP contribution in [0.15, 0.2) is 17.5 Å². The number of hydrogen-bond acceptors (Lipinski definition) is 4. The zero-order valence-electron chi connectivity index (χ0n) is 12.0. The van der Waals surface area contributed by atoms with Crippen LogP contribution in [0.2, 0.25) is 0 Å². The molecule has 4 nitrogen and oxygen atoms in total. The first-order valence-electron chi connectivity index (χ1n) is 7.35. The number of carbonyl (C=O) groups is 1. The number of likely N-dealkylation sites (N-methyl/N-ethyl adjacent to an activating group) is 1. The minimum absolute atomic E-state index is 0.149. The van der Waals surface area contributed by atoms with E-state index in [2.05, 4.69) is 11.9 Å². The van der Waals surface area contributed by atoms with Gasteiger partial charge in [-0.25, -0.2) is 0 Å². The van der Waals surface area contributed by atoms with Crippen LogP contribution in [0.3, 0.4) is 0 Å². The monoisotopic (exact) mass is 294 g/mol. The van der Waals surface area contributed by atoms with Crippen molar-refractivity contribution in [3.63, 3.8) is 0 Å². The molecule has 0 N–H and O–H groups in total. The molecule has 20 heavy (non-hydrogen) atoms. The van der Waals surface area contributed by atoms with Crippen LogP contribution in [0.4, 0.5) is 0 Å². The lowest BCUT2D eigenvalue weighted by Gasteiger charge is -2.34. The average molecular weight is 294 g/mol. The Bertz CT molecular complexity index is 445. The number of thiophene rings is 1. The zero-order valence-corrected chi connectivity index (χ0v) is 12.8. The second kappa shape index (κ2) is 6.24. The Morgan fingerprint density at radius 3 is 3.00 bits per heavy atom. The van der Waals surface area contributed by atoms with E-state index in [1.165, 1.54) is 24.2 Å². The summed E-state index contributed by atoms with van der Waals surface area (Å²) >= 11 is 1.53. The number of rotatable bonds is 5. The van der Waals surface area contributed by atoms with Crippen molar-refractivity contribution < 1.29 is 9.53 Å². The van der Waals surface area contributed by atoms with Crippen LogP contribution in [0.5, 0.6) is 0 Å². The fourth-order valence-corrected chi connectivity index (χ4v) is 3.32. The van der Waals surface area contributed by atoms with E-state index in [-0.39, 0.29) is 12.0 Å². The third-order valence-electron chi connectivity index (χ3n) is 3.96. The maximum atomic E-state index is 12.6. The molecule has 2 heterocycles. The first-order valence-corrected chi connectivity index (χ1v) is 8.23. The highest BCUT2D eigenvalue weighted by Gasteiger charge is 2.30. The van der Waals surface area contributed by atoms with Gasteiger partial charge in [-0.1, -0.05) is 6.07 Å². The molecule has 2 fully saturated rings. The van der Waals surface area contributed by atoms with E-state index in [1.54, 1.807) is 0 Å². The Hall–Kier alpha value is -0.910. The second-order valence-electron chi connectivity index (χ2n) is 5.89. The molecular weight excluding hydrogens is 272 g/mol. The zero-order chi connectivity index (χ0) is 13.9. The lowest BCUT2D eigenvalue weighted by atomic mass is 10.2. The van der Waals surface area contributed by atoms with Gasteiger partial charge in [0.1, 0.15) is 0 Å². The number of amides is 1. The van der Waals surface area contributed by atoms with Gasteiger partial charge in [0, 0.05) is 26.2 Å². The molecule has 0 bridgehead atoms.